The molecule has 4 rings (SSSR count). The lowest BCUT2D eigenvalue weighted by molar-refractivity contribution is -0.131. The SMILES string of the molecule is CC1CCCCN1C(=O)CSc1nc(-c2ccc(F)cc2)nc2ccc(F)cc12. The highest BCUT2D eigenvalue weighted by Gasteiger charge is 2.23. The first-order chi connectivity index (χ1) is 14.0. The van der Waals surface area contributed by atoms with Gasteiger partial charge in [0.05, 0.1) is 11.3 Å². The second kappa shape index (κ2) is 8.45. The van der Waals surface area contributed by atoms with Gasteiger partial charge < -0.3 is 4.90 Å². The first kappa shape index (κ1) is 19.8. The predicted molar refractivity (Wildman–Crippen MR) is 111 cm³/mol. The summed E-state index contributed by atoms with van der Waals surface area (Å²) in [5.74, 6) is -0.00413. The minimum atomic E-state index is -0.381. The number of thioether (sulfide) groups is 1. The Bertz CT molecular complexity index is 1040. The van der Waals surface area contributed by atoms with Crippen molar-refractivity contribution in [3.8, 4) is 11.4 Å². The Balaban J connectivity index is 1.65. The van der Waals surface area contributed by atoms with Crippen LogP contribution in [-0.2, 0) is 4.79 Å². The van der Waals surface area contributed by atoms with E-state index in [-0.39, 0.29) is 29.3 Å². The summed E-state index contributed by atoms with van der Waals surface area (Å²) in [7, 11) is 0. The molecule has 2 aromatic carbocycles. The van der Waals surface area contributed by atoms with E-state index in [4.69, 9.17) is 0 Å². The highest BCUT2D eigenvalue weighted by molar-refractivity contribution is 8.00. The number of benzene rings is 2. The largest absolute Gasteiger partial charge is 0.339 e. The van der Waals surface area contributed by atoms with Crippen molar-refractivity contribution in [2.24, 2.45) is 0 Å². The van der Waals surface area contributed by atoms with Gasteiger partial charge in [-0.15, -0.1) is 0 Å². The summed E-state index contributed by atoms with van der Waals surface area (Å²) in [5, 5.41) is 1.12. The van der Waals surface area contributed by atoms with Gasteiger partial charge in [-0.2, -0.15) is 0 Å². The first-order valence-electron chi connectivity index (χ1n) is 9.67. The number of hydrogen-bond acceptors (Lipinski definition) is 4. The van der Waals surface area contributed by atoms with E-state index in [1.165, 1.54) is 36.0 Å². The van der Waals surface area contributed by atoms with Crippen LogP contribution in [0.3, 0.4) is 0 Å². The normalized spacial score (nSPS) is 16.9. The third kappa shape index (κ3) is 4.40. The Morgan fingerprint density at radius 2 is 1.86 bits per heavy atom. The van der Waals surface area contributed by atoms with Crippen molar-refractivity contribution in [2.45, 2.75) is 37.3 Å². The molecule has 29 heavy (non-hydrogen) atoms. The monoisotopic (exact) mass is 413 g/mol. The third-order valence-corrected chi connectivity index (χ3v) is 6.16. The van der Waals surface area contributed by atoms with Crippen LogP contribution in [0.25, 0.3) is 22.3 Å². The molecule has 1 fully saturated rings. The molecule has 0 N–H and O–H groups in total. The van der Waals surface area contributed by atoms with Crippen LogP contribution in [0.2, 0.25) is 0 Å². The zero-order valence-electron chi connectivity index (χ0n) is 16.1. The molecule has 150 valence electrons. The average molecular weight is 413 g/mol. The quantitative estimate of drug-likeness (QED) is 0.443. The van der Waals surface area contributed by atoms with E-state index in [0.717, 1.165) is 25.8 Å². The zero-order valence-corrected chi connectivity index (χ0v) is 16.9. The van der Waals surface area contributed by atoms with E-state index >= 15 is 0 Å². The molecular formula is C22H21F2N3OS. The molecular weight excluding hydrogens is 392 g/mol. The molecule has 1 saturated heterocycles. The maximum Gasteiger partial charge on any atom is 0.233 e. The van der Waals surface area contributed by atoms with Crippen LogP contribution < -0.4 is 0 Å². The van der Waals surface area contributed by atoms with E-state index < -0.39 is 0 Å². The molecule has 1 aliphatic heterocycles. The minimum absolute atomic E-state index is 0.0636. The number of amides is 1. The molecule has 1 unspecified atom stereocenters. The maximum absolute atomic E-state index is 13.8. The molecule has 1 atom stereocenters. The second-order valence-electron chi connectivity index (χ2n) is 7.24. The molecule has 4 nitrogen and oxygen atoms in total. The number of halogens is 2. The van der Waals surface area contributed by atoms with Crippen molar-refractivity contribution in [1.82, 2.24) is 14.9 Å². The second-order valence-corrected chi connectivity index (χ2v) is 8.21. The van der Waals surface area contributed by atoms with Gasteiger partial charge in [-0.25, -0.2) is 18.7 Å². The Morgan fingerprint density at radius 3 is 2.62 bits per heavy atom. The Hall–Kier alpha value is -2.54. The standard InChI is InChI=1S/C22H21F2N3OS/c1-14-4-2-3-11-27(14)20(28)13-29-22-18-12-17(24)9-10-19(18)25-21(26-22)15-5-7-16(23)8-6-15/h5-10,12,14H,2-4,11,13H2,1H3. The summed E-state index contributed by atoms with van der Waals surface area (Å²) in [6.07, 6.45) is 3.19. The topological polar surface area (TPSA) is 46.1 Å². The molecule has 2 heterocycles. The van der Waals surface area contributed by atoms with Gasteiger partial charge in [-0.05, 0) is 68.7 Å². The zero-order chi connectivity index (χ0) is 20.4. The van der Waals surface area contributed by atoms with Crippen molar-refractivity contribution in [1.29, 1.82) is 0 Å². The summed E-state index contributed by atoms with van der Waals surface area (Å²) in [6.45, 7) is 2.85. The number of carbonyl (C=O) groups is 1. The minimum Gasteiger partial charge on any atom is -0.339 e. The molecule has 1 aromatic heterocycles. The van der Waals surface area contributed by atoms with Crippen molar-refractivity contribution < 1.29 is 13.6 Å². The summed E-state index contributed by atoms with van der Waals surface area (Å²) in [5.41, 5.74) is 1.25. The number of aromatic nitrogens is 2. The van der Waals surface area contributed by atoms with Gasteiger partial charge in [0.15, 0.2) is 5.82 Å². The van der Waals surface area contributed by atoms with Crippen LogP contribution in [0.4, 0.5) is 8.78 Å². The van der Waals surface area contributed by atoms with Gasteiger partial charge in [0.25, 0.3) is 0 Å². The predicted octanol–water partition coefficient (Wildman–Crippen LogP) is 5.07. The molecule has 0 spiro atoms. The van der Waals surface area contributed by atoms with Gasteiger partial charge in [0.1, 0.15) is 16.7 Å². The number of likely N-dealkylation sites (tertiary alicyclic amines) is 1. The van der Waals surface area contributed by atoms with Crippen molar-refractivity contribution in [3.05, 3.63) is 54.1 Å². The van der Waals surface area contributed by atoms with E-state index in [9.17, 15) is 13.6 Å². The lowest BCUT2D eigenvalue weighted by atomic mass is 10.0. The average Bonchev–Trinajstić information content (AvgIpc) is 2.72. The molecule has 3 aromatic rings. The van der Waals surface area contributed by atoms with Crippen molar-refractivity contribution >= 4 is 28.6 Å². The lowest BCUT2D eigenvalue weighted by Crippen LogP contribution is -2.42. The smallest absolute Gasteiger partial charge is 0.233 e. The number of piperidine rings is 1. The molecule has 1 amide bonds. The number of carbonyl (C=O) groups excluding carboxylic acids is 1. The fourth-order valence-corrected chi connectivity index (χ4v) is 4.49. The van der Waals surface area contributed by atoms with Gasteiger partial charge >= 0.3 is 0 Å². The van der Waals surface area contributed by atoms with Crippen LogP contribution in [0.5, 0.6) is 0 Å². The van der Waals surface area contributed by atoms with Crippen molar-refractivity contribution in [3.63, 3.8) is 0 Å². The number of nitrogens with zero attached hydrogens (tertiary/aromatic N) is 3. The summed E-state index contributed by atoms with van der Waals surface area (Å²) >= 11 is 1.29. The van der Waals surface area contributed by atoms with E-state index in [0.29, 0.717) is 27.3 Å². The van der Waals surface area contributed by atoms with Crippen molar-refractivity contribution in [2.75, 3.05) is 12.3 Å². The van der Waals surface area contributed by atoms with Gasteiger partial charge in [-0.1, -0.05) is 11.8 Å². The molecule has 1 aliphatic rings. The number of fused-ring (bicyclic) bond motifs is 1. The van der Waals surface area contributed by atoms with Crippen LogP contribution in [0, 0.1) is 11.6 Å². The van der Waals surface area contributed by atoms with Crippen LogP contribution in [-0.4, -0.2) is 39.1 Å². The number of rotatable bonds is 4. The fraction of sp³-hybridized carbons (Fsp3) is 0.318. The molecule has 0 radical (unpaired) electrons. The Labute approximate surface area is 172 Å². The highest BCUT2D eigenvalue weighted by Crippen LogP contribution is 2.30. The molecule has 0 aliphatic carbocycles. The Morgan fingerprint density at radius 1 is 1.10 bits per heavy atom. The highest BCUT2D eigenvalue weighted by atomic mass is 32.2. The summed E-state index contributed by atoms with van der Waals surface area (Å²) in [6, 6.07) is 10.5. The van der Waals surface area contributed by atoms with Crippen LogP contribution in [0.1, 0.15) is 26.2 Å². The third-order valence-electron chi connectivity index (χ3n) is 5.18. The molecule has 0 saturated carbocycles. The number of hydrogen-bond donors (Lipinski definition) is 0. The van der Waals surface area contributed by atoms with E-state index in [1.54, 1.807) is 18.2 Å². The van der Waals surface area contributed by atoms with E-state index in [1.807, 2.05) is 4.90 Å². The lowest BCUT2D eigenvalue weighted by Gasteiger charge is -2.33. The van der Waals surface area contributed by atoms with Crippen LogP contribution >= 0.6 is 11.8 Å². The Kier molecular flexibility index (Phi) is 5.76. The van der Waals surface area contributed by atoms with Crippen LogP contribution in [0.15, 0.2) is 47.5 Å². The van der Waals surface area contributed by atoms with Gasteiger partial charge in [0, 0.05) is 23.5 Å². The molecule has 7 heteroatoms. The maximum atomic E-state index is 13.8. The first-order valence-corrected chi connectivity index (χ1v) is 10.7. The fourth-order valence-electron chi connectivity index (χ4n) is 3.59. The van der Waals surface area contributed by atoms with Gasteiger partial charge in [-0.3, -0.25) is 4.79 Å². The van der Waals surface area contributed by atoms with Gasteiger partial charge in [0.2, 0.25) is 5.91 Å². The summed E-state index contributed by atoms with van der Waals surface area (Å²) in [4.78, 5) is 23.7. The molecule has 0 bridgehead atoms. The summed E-state index contributed by atoms with van der Waals surface area (Å²) < 4.78 is 27.1. The van der Waals surface area contributed by atoms with E-state index in [2.05, 4.69) is 16.9 Å².